The van der Waals surface area contributed by atoms with Crippen molar-refractivity contribution in [3.63, 3.8) is 0 Å². The van der Waals surface area contributed by atoms with E-state index in [1.54, 1.807) is 32.4 Å². The Bertz CT molecular complexity index is 1230. The van der Waals surface area contributed by atoms with Gasteiger partial charge in [0.1, 0.15) is 11.9 Å². The molecular weight excluding hydrogens is 468 g/mol. The number of ether oxygens (including phenoxy) is 4. The van der Waals surface area contributed by atoms with E-state index in [2.05, 4.69) is 10.6 Å². The van der Waals surface area contributed by atoms with Crippen molar-refractivity contribution in [3.05, 3.63) is 71.0 Å². The number of carbonyl (C=O) groups is 1. The predicted molar refractivity (Wildman–Crippen MR) is 133 cm³/mol. The van der Waals surface area contributed by atoms with Crippen LogP contribution in [0.1, 0.15) is 35.8 Å². The topological polar surface area (TPSA) is 62.2 Å². The Hall–Kier alpha value is -3.16. The van der Waals surface area contributed by atoms with Crippen molar-refractivity contribution in [2.24, 2.45) is 0 Å². The second kappa shape index (κ2) is 9.47. The Morgan fingerprint density at radius 3 is 2.66 bits per heavy atom. The molecule has 8 heteroatoms. The molecular formula is C27H29ClN2O5. The van der Waals surface area contributed by atoms with Gasteiger partial charge < -0.3 is 28.4 Å². The summed E-state index contributed by atoms with van der Waals surface area (Å²) < 4.78 is 25.3. The van der Waals surface area contributed by atoms with Crippen molar-refractivity contribution in [2.75, 3.05) is 33.9 Å². The van der Waals surface area contributed by atoms with Gasteiger partial charge in [0.25, 0.3) is 5.91 Å². The molecule has 1 fully saturated rings. The van der Waals surface area contributed by atoms with E-state index in [4.69, 9.17) is 30.5 Å². The molecule has 2 aromatic carbocycles. The number of nitrogens with zero attached hydrogens (tertiary/aromatic N) is 2. The van der Waals surface area contributed by atoms with Gasteiger partial charge in [-0.2, -0.15) is 0 Å². The summed E-state index contributed by atoms with van der Waals surface area (Å²) in [4.78, 5) is 15.2. The molecule has 0 saturated carbocycles. The van der Waals surface area contributed by atoms with E-state index in [1.807, 2.05) is 42.3 Å². The second-order valence-corrected chi connectivity index (χ2v) is 9.45. The molecule has 1 atom stereocenters. The molecule has 3 heterocycles. The van der Waals surface area contributed by atoms with Gasteiger partial charge in [-0.1, -0.05) is 11.6 Å². The van der Waals surface area contributed by atoms with Crippen molar-refractivity contribution in [1.82, 2.24) is 9.47 Å². The predicted octanol–water partition coefficient (Wildman–Crippen LogP) is 5.08. The molecule has 1 aromatic heterocycles. The van der Waals surface area contributed by atoms with Gasteiger partial charge in [-0.05, 0) is 49.4 Å². The quantitative estimate of drug-likeness (QED) is 0.476. The minimum absolute atomic E-state index is 0.0377. The number of methoxy groups -OCH3 is 2. The van der Waals surface area contributed by atoms with Gasteiger partial charge in [-0.15, -0.1) is 0 Å². The summed E-state index contributed by atoms with van der Waals surface area (Å²) in [5.41, 5.74) is 2.15. The normalized spacial score (nSPS) is 16.7. The molecule has 5 rings (SSSR count). The van der Waals surface area contributed by atoms with E-state index in [0.29, 0.717) is 54.6 Å². The molecule has 0 unspecified atom stereocenters. The minimum Gasteiger partial charge on any atom is -0.493 e. The third-order valence-electron chi connectivity index (χ3n) is 6.70. The lowest BCUT2D eigenvalue weighted by atomic mass is 9.86. The molecule has 2 aliphatic heterocycles. The molecule has 35 heavy (non-hydrogen) atoms. The van der Waals surface area contributed by atoms with Crippen LogP contribution in [-0.4, -0.2) is 55.4 Å². The number of halogens is 1. The molecule has 7 nitrogen and oxygen atoms in total. The van der Waals surface area contributed by atoms with E-state index in [0.717, 1.165) is 17.1 Å². The van der Waals surface area contributed by atoms with Crippen LogP contribution in [0.5, 0.6) is 17.2 Å². The number of aromatic nitrogens is 1. The highest BCUT2D eigenvalue weighted by molar-refractivity contribution is 6.30. The summed E-state index contributed by atoms with van der Waals surface area (Å²) in [6, 6.07) is 15.1. The summed E-state index contributed by atoms with van der Waals surface area (Å²) >= 11 is 6.25. The Kier molecular flexibility index (Phi) is 6.38. The summed E-state index contributed by atoms with van der Waals surface area (Å²) in [6.07, 6.45) is 3.28. The Morgan fingerprint density at radius 1 is 1.11 bits per heavy atom. The molecule has 3 aromatic rings. The van der Waals surface area contributed by atoms with Crippen molar-refractivity contribution in [3.8, 4) is 22.9 Å². The zero-order valence-electron chi connectivity index (χ0n) is 20.1. The number of benzene rings is 2. The summed E-state index contributed by atoms with van der Waals surface area (Å²) in [5, 5.41) is 0.639. The zero-order valence-corrected chi connectivity index (χ0v) is 20.9. The Labute approximate surface area is 210 Å². The molecule has 2 aliphatic rings. The highest BCUT2D eigenvalue weighted by Gasteiger charge is 2.44. The van der Waals surface area contributed by atoms with Crippen LogP contribution >= 0.6 is 11.6 Å². The van der Waals surface area contributed by atoms with E-state index < -0.39 is 5.60 Å². The lowest BCUT2D eigenvalue weighted by Crippen LogP contribution is -2.50. The third-order valence-corrected chi connectivity index (χ3v) is 6.94. The maximum absolute atomic E-state index is 13.4. The summed E-state index contributed by atoms with van der Waals surface area (Å²) in [6.45, 7) is 3.53. The first-order chi connectivity index (χ1) is 16.9. The largest absolute Gasteiger partial charge is 0.493 e. The van der Waals surface area contributed by atoms with Crippen LogP contribution in [0.15, 0.2) is 54.7 Å². The lowest BCUT2D eigenvalue weighted by molar-refractivity contribution is -0.00930. The standard InChI is InChI=1S/C27H29ClN2O5/c1-18(17-32-2)34-22-9-6-19(15-24(22)33-3)26(31)29-13-10-27(11-14-29)25-5-4-12-30(25)21-8-7-20(28)16-23(21)35-27/h4-9,12,15-16,18H,10-11,13-14,17H2,1-3H3/t18-/m0/s1. The molecule has 1 saturated heterocycles. The van der Waals surface area contributed by atoms with Crippen LogP contribution in [0.3, 0.4) is 0 Å². The zero-order chi connectivity index (χ0) is 24.6. The molecule has 0 radical (unpaired) electrons. The summed E-state index contributed by atoms with van der Waals surface area (Å²) in [7, 11) is 3.20. The number of fused-ring (bicyclic) bond motifs is 4. The van der Waals surface area contributed by atoms with Crippen LogP contribution in [0, 0.1) is 0 Å². The van der Waals surface area contributed by atoms with Gasteiger partial charge in [-0.3, -0.25) is 4.79 Å². The Balaban J connectivity index is 1.32. The van der Waals surface area contributed by atoms with E-state index >= 15 is 0 Å². The molecule has 1 spiro atoms. The molecule has 0 aliphatic carbocycles. The van der Waals surface area contributed by atoms with Gasteiger partial charge in [0.2, 0.25) is 0 Å². The fraction of sp³-hybridized carbons (Fsp3) is 0.370. The van der Waals surface area contributed by atoms with Crippen LogP contribution in [-0.2, 0) is 10.3 Å². The van der Waals surface area contributed by atoms with Gasteiger partial charge >= 0.3 is 0 Å². The van der Waals surface area contributed by atoms with Crippen LogP contribution in [0.25, 0.3) is 5.69 Å². The van der Waals surface area contributed by atoms with Gasteiger partial charge in [0.15, 0.2) is 17.1 Å². The van der Waals surface area contributed by atoms with Gasteiger partial charge in [-0.25, -0.2) is 0 Å². The highest BCUT2D eigenvalue weighted by atomic mass is 35.5. The maximum Gasteiger partial charge on any atom is 0.253 e. The summed E-state index contributed by atoms with van der Waals surface area (Å²) in [5.74, 6) is 1.84. The first kappa shape index (κ1) is 23.6. The molecule has 0 bridgehead atoms. The molecule has 184 valence electrons. The third kappa shape index (κ3) is 4.34. The maximum atomic E-state index is 13.4. The first-order valence-corrected chi connectivity index (χ1v) is 12.1. The smallest absolute Gasteiger partial charge is 0.253 e. The number of hydrogen-bond donors (Lipinski definition) is 0. The molecule has 0 N–H and O–H groups in total. The van der Waals surface area contributed by atoms with E-state index in [9.17, 15) is 4.79 Å². The average molecular weight is 497 g/mol. The number of amides is 1. The number of rotatable bonds is 6. The van der Waals surface area contributed by atoms with Gasteiger partial charge in [0, 0.05) is 55.9 Å². The fourth-order valence-corrected chi connectivity index (χ4v) is 5.15. The van der Waals surface area contributed by atoms with Crippen LogP contribution in [0.2, 0.25) is 5.02 Å². The van der Waals surface area contributed by atoms with Crippen molar-refractivity contribution in [1.29, 1.82) is 0 Å². The van der Waals surface area contributed by atoms with Crippen LogP contribution in [0.4, 0.5) is 0 Å². The van der Waals surface area contributed by atoms with Crippen LogP contribution < -0.4 is 14.2 Å². The van der Waals surface area contributed by atoms with E-state index in [1.165, 1.54) is 0 Å². The average Bonchev–Trinajstić information content (AvgIpc) is 3.36. The number of likely N-dealkylation sites (tertiary alicyclic amines) is 1. The fourth-order valence-electron chi connectivity index (χ4n) is 4.99. The Morgan fingerprint density at radius 2 is 1.91 bits per heavy atom. The van der Waals surface area contributed by atoms with Gasteiger partial charge in [0.05, 0.1) is 25.1 Å². The number of carbonyl (C=O) groups excluding carboxylic acids is 1. The highest BCUT2D eigenvalue weighted by Crippen LogP contribution is 2.46. The molecule has 1 amide bonds. The van der Waals surface area contributed by atoms with Crippen molar-refractivity contribution < 1.29 is 23.7 Å². The number of piperidine rings is 1. The lowest BCUT2D eigenvalue weighted by Gasteiger charge is -2.45. The second-order valence-electron chi connectivity index (χ2n) is 9.01. The minimum atomic E-state index is -0.495. The number of hydrogen-bond acceptors (Lipinski definition) is 5. The SMILES string of the molecule is COC[C@H](C)Oc1ccc(C(=O)N2CCC3(CC2)Oc2cc(Cl)ccc2-n2cccc23)cc1OC. The van der Waals surface area contributed by atoms with Crippen molar-refractivity contribution >= 4 is 17.5 Å². The first-order valence-electron chi connectivity index (χ1n) is 11.7. The van der Waals surface area contributed by atoms with Crippen molar-refractivity contribution in [2.45, 2.75) is 31.5 Å². The monoisotopic (exact) mass is 496 g/mol. The van der Waals surface area contributed by atoms with E-state index in [-0.39, 0.29) is 12.0 Å².